The summed E-state index contributed by atoms with van der Waals surface area (Å²) in [7, 11) is 0. The molecule has 3 aliphatic carbocycles. The molecule has 5 unspecified atom stereocenters. The molecule has 2 fully saturated rings. The van der Waals surface area contributed by atoms with Gasteiger partial charge in [0.15, 0.2) is 6.54 Å². The van der Waals surface area contributed by atoms with E-state index in [0.29, 0.717) is 10.8 Å². The number of fused-ring (bicyclic) bond motifs is 4. The largest absolute Gasteiger partial charge is 0.477 e. The van der Waals surface area contributed by atoms with Crippen molar-refractivity contribution < 1.29 is 14.8 Å². The maximum Gasteiger partial charge on any atom is 0.359 e. The zero-order chi connectivity index (χ0) is 18.7. The number of allylic oxidation sites excluding steroid dienone is 2. The standard InChI is InChI=1S/C23H35NO2/c1-21(2)10-5-11-23(4)18(21)8-12-22(3)17-9-13-24(15-20(25)26)14-16(17)6-7-19(22)23/h9,13,18-19H,5-8,10-12,14-15H2,1-4H3,(H,25,26)/p+1. The predicted octanol–water partition coefficient (Wildman–Crippen LogP) is 3.82. The molecule has 3 heteroatoms. The molecule has 1 heterocycles. The number of carboxylic acids is 1. The Balaban J connectivity index is 1.66. The maximum absolute atomic E-state index is 11.1. The van der Waals surface area contributed by atoms with Crippen molar-refractivity contribution in [2.75, 3.05) is 13.1 Å². The Kier molecular flexibility index (Phi) is 4.19. The Morgan fingerprint density at radius 2 is 1.92 bits per heavy atom. The molecule has 2 N–H and O–H groups in total. The predicted molar refractivity (Wildman–Crippen MR) is 104 cm³/mol. The van der Waals surface area contributed by atoms with Crippen LogP contribution in [0.4, 0.5) is 0 Å². The van der Waals surface area contributed by atoms with E-state index in [0.717, 1.165) is 23.3 Å². The molecule has 2 saturated carbocycles. The highest BCUT2D eigenvalue weighted by molar-refractivity contribution is 5.67. The van der Waals surface area contributed by atoms with Crippen LogP contribution in [0.25, 0.3) is 0 Å². The number of rotatable bonds is 2. The van der Waals surface area contributed by atoms with Crippen LogP contribution in [0.5, 0.6) is 0 Å². The van der Waals surface area contributed by atoms with E-state index in [1.165, 1.54) is 44.9 Å². The van der Waals surface area contributed by atoms with E-state index < -0.39 is 5.97 Å². The van der Waals surface area contributed by atoms with Crippen LogP contribution in [0, 0.1) is 28.1 Å². The van der Waals surface area contributed by atoms with Crippen molar-refractivity contribution in [3.8, 4) is 0 Å². The second-order valence-corrected chi connectivity index (χ2v) is 10.7. The summed E-state index contributed by atoms with van der Waals surface area (Å²) in [6, 6.07) is 0. The van der Waals surface area contributed by atoms with Crippen molar-refractivity contribution >= 4 is 5.97 Å². The van der Waals surface area contributed by atoms with Crippen molar-refractivity contribution in [1.29, 1.82) is 0 Å². The maximum atomic E-state index is 11.1. The van der Waals surface area contributed by atoms with Gasteiger partial charge in [0, 0.05) is 0 Å². The van der Waals surface area contributed by atoms with Crippen LogP contribution in [0.2, 0.25) is 0 Å². The molecule has 4 rings (SSSR count). The first-order chi connectivity index (χ1) is 12.2. The summed E-state index contributed by atoms with van der Waals surface area (Å²) in [5.74, 6) is 0.925. The minimum absolute atomic E-state index is 0.196. The zero-order valence-corrected chi connectivity index (χ0v) is 17.0. The summed E-state index contributed by atoms with van der Waals surface area (Å²) in [4.78, 5) is 12.2. The minimum Gasteiger partial charge on any atom is -0.477 e. The van der Waals surface area contributed by atoms with Gasteiger partial charge in [-0.1, -0.05) is 34.1 Å². The van der Waals surface area contributed by atoms with Crippen molar-refractivity contribution in [2.24, 2.45) is 28.1 Å². The molecule has 0 radical (unpaired) electrons. The second-order valence-electron chi connectivity index (χ2n) is 10.7. The van der Waals surface area contributed by atoms with Gasteiger partial charge in [-0.3, -0.25) is 4.90 Å². The molecule has 0 spiro atoms. The molecule has 1 aliphatic heterocycles. The Morgan fingerprint density at radius 1 is 1.15 bits per heavy atom. The average Bonchev–Trinajstić information content (AvgIpc) is 2.52. The molecule has 0 amide bonds. The highest BCUT2D eigenvalue weighted by Gasteiger charge is 2.60. The number of hydrogen-bond acceptors (Lipinski definition) is 1. The zero-order valence-electron chi connectivity index (χ0n) is 17.0. The summed E-state index contributed by atoms with van der Waals surface area (Å²) in [5.41, 5.74) is 4.35. The van der Waals surface area contributed by atoms with Gasteiger partial charge in [0.25, 0.3) is 0 Å². The molecule has 3 nitrogen and oxygen atoms in total. The normalized spacial score (nSPS) is 44.1. The van der Waals surface area contributed by atoms with Crippen LogP contribution in [-0.4, -0.2) is 24.2 Å². The Morgan fingerprint density at radius 3 is 2.65 bits per heavy atom. The highest BCUT2D eigenvalue weighted by atomic mass is 16.4. The van der Waals surface area contributed by atoms with Gasteiger partial charge >= 0.3 is 5.97 Å². The van der Waals surface area contributed by atoms with E-state index in [2.05, 4.69) is 40.0 Å². The van der Waals surface area contributed by atoms with E-state index in [-0.39, 0.29) is 12.0 Å². The molecule has 0 aromatic rings. The summed E-state index contributed by atoms with van der Waals surface area (Å²) in [6.07, 6.45) is 13.7. The van der Waals surface area contributed by atoms with Gasteiger partial charge in [-0.2, -0.15) is 0 Å². The van der Waals surface area contributed by atoms with E-state index >= 15 is 0 Å². The quantitative estimate of drug-likeness (QED) is 0.788. The smallest absolute Gasteiger partial charge is 0.359 e. The fourth-order valence-electron chi connectivity index (χ4n) is 7.82. The van der Waals surface area contributed by atoms with Crippen LogP contribution in [0.1, 0.15) is 72.6 Å². The third-order valence-corrected chi connectivity index (χ3v) is 8.83. The molecule has 0 aromatic carbocycles. The molecule has 144 valence electrons. The Bertz CT molecular complexity index is 676. The van der Waals surface area contributed by atoms with Gasteiger partial charge in [-0.05, 0) is 83.8 Å². The number of carbonyl (C=O) groups is 1. The Labute approximate surface area is 158 Å². The SMILES string of the molecule is CC1(C)CCCC2(C)C1CCC1(C)C3=C(CCC12)C[NH+](CC(=O)O)C=C3. The molecular weight excluding hydrogens is 322 g/mol. The molecule has 0 saturated heterocycles. The molecule has 26 heavy (non-hydrogen) atoms. The summed E-state index contributed by atoms with van der Waals surface area (Å²) < 4.78 is 0. The molecule has 0 bridgehead atoms. The third-order valence-electron chi connectivity index (χ3n) is 8.83. The van der Waals surface area contributed by atoms with Crippen LogP contribution >= 0.6 is 0 Å². The first-order valence-electron chi connectivity index (χ1n) is 10.6. The van der Waals surface area contributed by atoms with Crippen LogP contribution in [0.15, 0.2) is 23.4 Å². The van der Waals surface area contributed by atoms with E-state index in [1.807, 2.05) is 0 Å². The van der Waals surface area contributed by atoms with Gasteiger partial charge in [0.1, 0.15) is 6.54 Å². The molecular formula is C23H36NO2+. The minimum atomic E-state index is -0.703. The topological polar surface area (TPSA) is 41.7 Å². The van der Waals surface area contributed by atoms with Crippen molar-refractivity contribution in [3.05, 3.63) is 23.4 Å². The van der Waals surface area contributed by atoms with Crippen LogP contribution in [-0.2, 0) is 4.79 Å². The monoisotopic (exact) mass is 358 g/mol. The van der Waals surface area contributed by atoms with Gasteiger partial charge in [-0.25, -0.2) is 4.79 Å². The van der Waals surface area contributed by atoms with Gasteiger partial charge in [0.2, 0.25) is 0 Å². The molecule has 4 aliphatic rings. The summed E-state index contributed by atoms with van der Waals surface area (Å²) >= 11 is 0. The van der Waals surface area contributed by atoms with Crippen molar-refractivity contribution in [1.82, 2.24) is 0 Å². The summed E-state index contributed by atoms with van der Waals surface area (Å²) in [5, 5.41) is 9.14. The number of nitrogens with one attached hydrogen (secondary N) is 1. The van der Waals surface area contributed by atoms with E-state index in [9.17, 15) is 4.79 Å². The average molecular weight is 359 g/mol. The third kappa shape index (κ3) is 2.61. The number of quaternary nitrogens is 1. The highest BCUT2D eigenvalue weighted by Crippen LogP contribution is 2.68. The van der Waals surface area contributed by atoms with Crippen molar-refractivity contribution in [3.63, 3.8) is 0 Å². The van der Waals surface area contributed by atoms with E-state index in [4.69, 9.17) is 5.11 Å². The lowest BCUT2D eigenvalue weighted by molar-refractivity contribution is -0.834. The number of aliphatic carboxylic acids is 1. The lowest BCUT2D eigenvalue weighted by atomic mass is 9.40. The second kappa shape index (κ2) is 5.95. The molecule has 0 aromatic heterocycles. The van der Waals surface area contributed by atoms with Crippen molar-refractivity contribution in [2.45, 2.75) is 72.6 Å². The number of hydrogen-bond donors (Lipinski definition) is 2. The lowest BCUT2D eigenvalue weighted by Crippen LogP contribution is -3.09. The fraction of sp³-hybridized carbons (Fsp3) is 0.783. The van der Waals surface area contributed by atoms with Gasteiger partial charge in [0.05, 0.1) is 6.20 Å². The Hall–Kier alpha value is -1.09. The van der Waals surface area contributed by atoms with Gasteiger partial charge < -0.3 is 5.11 Å². The first-order valence-corrected chi connectivity index (χ1v) is 10.6. The van der Waals surface area contributed by atoms with E-state index in [1.54, 1.807) is 11.1 Å². The number of carboxylic acid groups (broad SMARTS) is 1. The summed E-state index contributed by atoms with van der Waals surface area (Å²) in [6.45, 7) is 11.3. The molecule has 5 atom stereocenters. The first kappa shape index (κ1) is 18.3. The fourth-order valence-corrected chi connectivity index (χ4v) is 7.82. The lowest BCUT2D eigenvalue weighted by Gasteiger charge is -2.64. The van der Waals surface area contributed by atoms with Crippen LogP contribution < -0.4 is 4.90 Å². The van der Waals surface area contributed by atoms with Crippen LogP contribution in [0.3, 0.4) is 0 Å². The van der Waals surface area contributed by atoms with Gasteiger partial charge in [-0.15, -0.1) is 0 Å².